The third-order valence-electron chi connectivity index (χ3n) is 2.61. The number of halogens is 1. The molecule has 0 bridgehead atoms. The van der Waals surface area contributed by atoms with Crippen LogP contribution in [0.4, 0.5) is 5.69 Å². The van der Waals surface area contributed by atoms with Gasteiger partial charge in [-0.05, 0) is 42.3 Å². The van der Waals surface area contributed by atoms with E-state index in [1.54, 1.807) is 6.07 Å². The van der Waals surface area contributed by atoms with Crippen LogP contribution in [0.25, 0.3) is 0 Å². The number of hydrogen-bond acceptors (Lipinski definition) is 3. The number of furan rings is 1. The maximum absolute atomic E-state index is 12.1. The van der Waals surface area contributed by atoms with Gasteiger partial charge in [-0.15, -0.1) is 0 Å². The zero-order chi connectivity index (χ0) is 14.5. The monoisotopic (exact) mass is 288 g/mol. The van der Waals surface area contributed by atoms with Crippen LogP contribution in [0, 0.1) is 18.8 Å². The number of nitrogens with two attached hydrogens (primary N) is 1. The first-order valence-corrected chi connectivity index (χ1v) is 6.33. The van der Waals surface area contributed by atoms with Gasteiger partial charge >= 0.3 is 0 Å². The molecule has 4 nitrogen and oxygen atoms in total. The molecule has 0 unspecified atom stereocenters. The summed E-state index contributed by atoms with van der Waals surface area (Å²) >= 11 is 5.78. The summed E-state index contributed by atoms with van der Waals surface area (Å²) < 4.78 is 4.90. The van der Waals surface area contributed by atoms with Crippen molar-refractivity contribution >= 4 is 23.2 Å². The van der Waals surface area contributed by atoms with Crippen LogP contribution < -0.4 is 11.1 Å². The number of aryl methyl sites for hydroxylation is 1. The van der Waals surface area contributed by atoms with Crippen LogP contribution in [-0.4, -0.2) is 12.5 Å². The Balaban J connectivity index is 2.29. The summed E-state index contributed by atoms with van der Waals surface area (Å²) in [6.45, 7) is 2.21. The fraction of sp³-hybridized carbons (Fsp3) is 0.133. The Morgan fingerprint density at radius 2 is 2.25 bits per heavy atom. The molecule has 2 rings (SSSR count). The predicted molar refractivity (Wildman–Crippen MR) is 78.8 cm³/mol. The number of rotatable bonds is 2. The molecule has 0 fully saturated rings. The van der Waals surface area contributed by atoms with Crippen LogP contribution in [0.1, 0.15) is 21.5 Å². The van der Waals surface area contributed by atoms with Crippen LogP contribution in [0.2, 0.25) is 5.22 Å². The van der Waals surface area contributed by atoms with Gasteiger partial charge in [-0.25, -0.2) is 0 Å². The van der Waals surface area contributed by atoms with E-state index < -0.39 is 0 Å². The number of carbonyl (C=O) groups is 1. The van der Waals surface area contributed by atoms with Crippen molar-refractivity contribution in [2.24, 2.45) is 5.73 Å². The van der Waals surface area contributed by atoms with Crippen molar-refractivity contribution in [1.82, 2.24) is 0 Å². The average Bonchev–Trinajstić information content (AvgIpc) is 2.85. The van der Waals surface area contributed by atoms with E-state index in [-0.39, 0.29) is 23.2 Å². The number of carbonyl (C=O) groups excluding carboxylic acids is 1. The lowest BCUT2D eigenvalue weighted by atomic mass is 10.1. The van der Waals surface area contributed by atoms with E-state index in [4.69, 9.17) is 21.8 Å². The molecule has 5 heteroatoms. The Morgan fingerprint density at radius 3 is 2.90 bits per heavy atom. The molecule has 0 aliphatic rings. The topological polar surface area (TPSA) is 68.3 Å². The maximum Gasteiger partial charge on any atom is 0.260 e. The standard InChI is InChI=1S/C15H13ClN2O2/c1-10-4-5-13(11(9-10)3-2-7-17)18-15(19)12-6-8-20-14(12)16/h4-6,8-9H,7,17H2,1H3,(H,18,19). The number of benzene rings is 1. The average molecular weight is 289 g/mol. The van der Waals surface area contributed by atoms with Crippen LogP contribution in [0.15, 0.2) is 34.9 Å². The summed E-state index contributed by atoms with van der Waals surface area (Å²) in [7, 11) is 0. The fourth-order valence-corrected chi connectivity index (χ4v) is 1.86. The van der Waals surface area contributed by atoms with E-state index in [1.807, 2.05) is 19.1 Å². The van der Waals surface area contributed by atoms with E-state index in [2.05, 4.69) is 17.2 Å². The van der Waals surface area contributed by atoms with Crippen LogP contribution in [0.5, 0.6) is 0 Å². The molecule has 0 atom stereocenters. The van der Waals surface area contributed by atoms with Crippen LogP contribution in [-0.2, 0) is 0 Å². The van der Waals surface area contributed by atoms with E-state index >= 15 is 0 Å². The Morgan fingerprint density at radius 1 is 1.45 bits per heavy atom. The summed E-state index contributed by atoms with van der Waals surface area (Å²) in [6.07, 6.45) is 1.36. The lowest BCUT2D eigenvalue weighted by Crippen LogP contribution is -2.12. The highest BCUT2D eigenvalue weighted by atomic mass is 35.5. The fourth-order valence-electron chi connectivity index (χ4n) is 1.66. The second kappa shape index (κ2) is 6.29. The first-order valence-electron chi connectivity index (χ1n) is 5.95. The third kappa shape index (κ3) is 3.21. The molecule has 0 spiro atoms. The molecule has 0 aliphatic carbocycles. The molecule has 2 aromatic rings. The Kier molecular flexibility index (Phi) is 4.46. The summed E-state index contributed by atoms with van der Waals surface area (Å²) in [4.78, 5) is 12.1. The smallest absolute Gasteiger partial charge is 0.260 e. The highest BCUT2D eigenvalue weighted by Crippen LogP contribution is 2.21. The molecule has 0 saturated heterocycles. The highest BCUT2D eigenvalue weighted by Gasteiger charge is 2.14. The van der Waals surface area contributed by atoms with Gasteiger partial charge in [0, 0.05) is 5.56 Å². The molecule has 0 saturated carbocycles. The Bertz CT molecular complexity index is 695. The second-order valence-corrected chi connectivity index (χ2v) is 4.46. The van der Waals surface area contributed by atoms with E-state index in [0.717, 1.165) is 5.56 Å². The quantitative estimate of drug-likeness (QED) is 0.835. The van der Waals surface area contributed by atoms with Crippen molar-refractivity contribution in [2.75, 3.05) is 11.9 Å². The van der Waals surface area contributed by atoms with Gasteiger partial charge in [0.25, 0.3) is 5.91 Å². The first-order chi connectivity index (χ1) is 9.61. The predicted octanol–water partition coefficient (Wildman–Crippen LogP) is 2.80. The lowest BCUT2D eigenvalue weighted by Gasteiger charge is -2.07. The van der Waals surface area contributed by atoms with E-state index in [0.29, 0.717) is 11.3 Å². The summed E-state index contributed by atoms with van der Waals surface area (Å²) in [5.74, 6) is 5.36. The molecule has 1 aromatic carbocycles. The number of nitrogens with one attached hydrogen (secondary N) is 1. The van der Waals surface area contributed by atoms with Gasteiger partial charge in [0.05, 0.1) is 24.1 Å². The minimum atomic E-state index is -0.344. The molecule has 1 aromatic heterocycles. The van der Waals surface area contributed by atoms with Crippen LogP contribution in [0.3, 0.4) is 0 Å². The number of anilines is 1. The minimum Gasteiger partial charge on any atom is -0.452 e. The zero-order valence-electron chi connectivity index (χ0n) is 10.9. The lowest BCUT2D eigenvalue weighted by molar-refractivity contribution is 0.102. The molecule has 3 N–H and O–H groups in total. The van der Waals surface area contributed by atoms with Crippen molar-refractivity contribution in [3.05, 3.63) is 52.4 Å². The van der Waals surface area contributed by atoms with E-state index in [9.17, 15) is 4.79 Å². The van der Waals surface area contributed by atoms with Gasteiger partial charge in [0.1, 0.15) is 0 Å². The number of hydrogen-bond donors (Lipinski definition) is 2. The van der Waals surface area contributed by atoms with Crippen molar-refractivity contribution in [3.63, 3.8) is 0 Å². The van der Waals surface area contributed by atoms with Gasteiger partial charge in [-0.3, -0.25) is 4.79 Å². The molecule has 0 radical (unpaired) electrons. The SMILES string of the molecule is Cc1ccc(NC(=O)c2ccoc2Cl)c(C#CCN)c1. The molecule has 1 amide bonds. The molecule has 1 heterocycles. The maximum atomic E-state index is 12.1. The van der Waals surface area contributed by atoms with Gasteiger partial charge in [-0.2, -0.15) is 0 Å². The molecule has 20 heavy (non-hydrogen) atoms. The Hall–Kier alpha value is -2.22. The molecular weight excluding hydrogens is 276 g/mol. The molecule has 102 valence electrons. The normalized spacial score (nSPS) is 9.75. The van der Waals surface area contributed by atoms with Crippen molar-refractivity contribution in [1.29, 1.82) is 0 Å². The van der Waals surface area contributed by atoms with Gasteiger partial charge in [-0.1, -0.05) is 17.9 Å². The van der Waals surface area contributed by atoms with Gasteiger partial charge in [0.15, 0.2) is 0 Å². The summed E-state index contributed by atoms with van der Waals surface area (Å²) in [6, 6.07) is 7.08. The van der Waals surface area contributed by atoms with E-state index in [1.165, 1.54) is 12.3 Å². The molecular formula is C15H13ClN2O2. The van der Waals surface area contributed by atoms with Crippen molar-refractivity contribution in [3.8, 4) is 11.8 Å². The summed E-state index contributed by atoms with van der Waals surface area (Å²) in [5, 5.41) is 2.82. The van der Waals surface area contributed by atoms with Crippen LogP contribution >= 0.6 is 11.6 Å². The largest absolute Gasteiger partial charge is 0.452 e. The summed E-state index contributed by atoms with van der Waals surface area (Å²) in [5.41, 5.74) is 8.02. The molecule has 0 aliphatic heterocycles. The third-order valence-corrected chi connectivity index (χ3v) is 2.90. The first kappa shape index (κ1) is 14.2. The Labute approximate surface area is 121 Å². The second-order valence-electron chi connectivity index (χ2n) is 4.12. The van der Waals surface area contributed by atoms with Gasteiger partial charge < -0.3 is 15.5 Å². The zero-order valence-corrected chi connectivity index (χ0v) is 11.6. The van der Waals surface area contributed by atoms with Crippen molar-refractivity contribution in [2.45, 2.75) is 6.92 Å². The number of amides is 1. The van der Waals surface area contributed by atoms with Gasteiger partial charge in [0.2, 0.25) is 5.22 Å². The van der Waals surface area contributed by atoms with Crippen molar-refractivity contribution < 1.29 is 9.21 Å². The highest BCUT2D eigenvalue weighted by molar-refractivity contribution is 6.32. The minimum absolute atomic E-state index is 0.0594.